The van der Waals surface area contributed by atoms with Gasteiger partial charge < -0.3 is 14.2 Å². The van der Waals surface area contributed by atoms with Crippen LogP contribution in [0.15, 0.2) is 6.33 Å². The molecular weight excluding hydrogens is 469 g/mol. The van der Waals surface area contributed by atoms with Gasteiger partial charge in [0.05, 0.1) is 12.9 Å². The van der Waals surface area contributed by atoms with Crippen molar-refractivity contribution in [3.63, 3.8) is 0 Å². The molecule has 3 heterocycles. The summed E-state index contributed by atoms with van der Waals surface area (Å²) in [4.78, 5) is 35.2. The van der Waals surface area contributed by atoms with Gasteiger partial charge >= 0.3 is 22.2 Å². The molecule has 16 heteroatoms. The standard InChI is InChI=1S/C14H15Cl2N5O8S/c1-5(22)27-9-7(3-26-30(17,24)25)29-13(10(9)28-6(2)23)21-4-18-8-11(15)19-14(16)20-12(8)21/h4,7,9-10,13H,3H2,1-2H3,(H2,17,24,25)/t7-,9-,10-,13-/m1/s1. The first-order chi connectivity index (χ1) is 14.0. The molecule has 1 aliphatic rings. The molecule has 0 aliphatic carbocycles. The molecular formula is C14H15Cl2N5O8S. The average molecular weight is 484 g/mol. The van der Waals surface area contributed by atoms with E-state index in [1.165, 1.54) is 10.9 Å². The van der Waals surface area contributed by atoms with Crippen molar-refractivity contribution >= 4 is 56.6 Å². The minimum atomic E-state index is -4.32. The Bertz CT molecular complexity index is 1090. The van der Waals surface area contributed by atoms with E-state index in [1.54, 1.807) is 0 Å². The van der Waals surface area contributed by atoms with Crippen LogP contribution in [-0.2, 0) is 38.3 Å². The first-order valence-electron chi connectivity index (χ1n) is 8.19. The Morgan fingerprint density at radius 2 is 1.83 bits per heavy atom. The Kier molecular flexibility index (Phi) is 6.45. The van der Waals surface area contributed by atoms with E-state index in [0.717, 1.165) is 13.8 Å². The van der Waals surface area contributed by atoms with Gasteiger partial charge in [0, 0.05) is 13.8 Å². The van der Waals surface area contributed by atoms with E-state index in [2.05, 4.69) is 19.1 Å². The lowest BCUT2D eigenvalue weighted by Gasteiger charge is -2.23. The van der Waals surface area contributed by atoms with E-state index in [-0.39, 0.29) is 21.6 Å². The van der Waals surface area contributed by atoms with Crippen LogP contribution in [0.2, 0.25) is 10.4 Å². The second kappa shape index (κ2) is 8.56. The summed E-state index contributed by atoms with van der Waals surface area (Å²) < 4.78 is 44.6. The van der Waals surface area contributed by atoms with Gasteiger partial charge in [-0.25, -0.2) is 15.1 Å². The highest BCUT2D eigenvalue weighted by atomic mass is 35.5. The quantitative estimate of drug-likeness (QED) is 0.335. The predicted octanol–water partition coefficient (Wildman–Crippen LogP) is 0.114. The van der Waals surface area contributed by atoms with Gasteiger partial charge in [-0.1, -0.05) is 11.6 Å². The third-order valence-corrected chi connectivity index (χ3v) is 4.81. The molecule has 0 unspecified atom stereocenters. The van der Waals surface area contributed by atoms with Gasteiger partial charge in [-0.2, -0.15) is 13.4 Å². The Labute approximate surface area is 179 Å². The molecule has 2 N–H and O–H groups in total. The van der Waals surface area contributed by atoms with Crippen molar-refractivity contribution in [3.8, 4) is 0 Å². The summed E-state index contributed by atoms with van der Waals surface area (Å²) in [7, 11) is -4.32. The van der Waals surface area contributed by atoms with E-state index in [0.29, 0.717) is 0 Å². The molecule has 3 rings (SSSR count). The maximum absolute atomic E-state index is 11.7. The number of hydrogen-bond acceptors (Lipinski definition) is 11. The number of ether oxygens (including phenoxy) is 3. The molecule has 30 heavy (non-hydrogen) atoms. The number of nitrogens with two attached hydrogens (primary N) is 1. The summed E-state index contributed by atoms with van der Waals surface area (Å²) in [6.45, 7) is 1.64. The minimum Gasteiger partial charge on any atom is -0.456 e. The van der Waals surface area contributed by atoms with Gasteiger partial charge in [-0.15, -0.1) is 0 Å². The molecule has 1 fully saturated rings. The molecule has 0 bridgehead atoms. The first kappa shape index (κ1) is 22.6. The highest BCUT2D eigenvalue weighted by molar-refractivity contribution is 7.84. The second-order valence-electron chi connectivity index (χ2n) is 6.10. The van der Waals surface area contributed by atoms with Crippen molar-refractivity contribution in [3.05, 3.63) is 16.8 Å². The number of nitrogens with zero attached hydrogens (tertiary/aromatic N) is 4. The molecule has 0 aromatic carbocycles. The number of imidazole rings is 1. The average Bonchev–Trinajstić information content (AvgIpc) is 3.14. The van der Waals surface area contributed by atoms with E-state index in [4.69, 9.17) is 42.6 Å². The fraction of sp³-hybridized carbons (Fsp3) is 0.500. The Hall–Kier alpha value is -2.10. The lowest BCUT2D eigenvalue weighted by molar-refractivity contribution is -0.165. The van der Waals surface area contributed by atoms with E-state index in [9.17, 15) is 18.0 Å². The molecule has 4 atom stereocenters. The van der Waals surface area contributed by atoms with Crippen molar-refractivity contribution < 1.29 is 36.4 Å². The van der Waals surface area contributed by atoms with Crippen LogP contribution in [-0.4, -0.2) is 64.8 Å². The van der Waals surface area contributed by atoms with Crippen molar-refractivity contribution in [1.29, 1.82) is 0 Å². The molecule has 2 aromatic rings. The molecule has 164 valence electrons. The molecule has 0 saturated carbocycles. The van der Waals surface area contributed by atoms with E-state index < -0.39 is 53.4 Å². The second-order valence-corrected chi connectivity index (χ2v) is 8.02. The maximum Gasteiger partial charge on any atom is 0.333 e. The van der Waals surface area contributed by atoms with E-state index >= 15 is 0 Å². The fourth-order valence-electron chi connectivity index (χ4n) is 2.92. The van der Waals surface area contributed by atoms with Gasteiger partial charge in [0.1, 0.15) is 11.6 Å². The monoisotopic (exact) mass is 483 g/mol. The van der Waals surface area contributed by atoms with Crippen molar-refractivity contribution in [1.82, 2.24) is 19.5 Å². The molecule has 0 radical (unpaired) electrons. The molecule has 2 aromatic heterocycles. The molecule has 13 nitrogen and oxygen atoms in total. The van der Waals surface area contributed by atoms with Crippen LogP contribution in [0.25, 0.3) is 11.2 Å². The first-order valence-corrected chi connectivity index (χ1v) is 10.4. The summed E-state index contributed by atoms with van der Waals surface area (Å²) in [6, 6.07) is 0. The highest BCUT2D eigenvalue weighted by Gasteiger charge is 2.51. The highest BCUT2D eigenvalue weighted by Crippen LogP contribution is 2.36. The maximum atomic E-state index is 11.7. The van der Waals surface area contributed by atoms with Crippen LogP contribution in [0.4, 0.5) is 0 Å². The van der Waals surface area contributed by atoms with E-state index in [1.807, 2.05) is 0 Å². The van der Waals surface area contributed by atoms with Gasteiger partial charge in [0.25, 0.3) is 0 Å². The van der Waals surface area contributed by atoms with Crippen molar-refractivity contribution in [2.45, 2.75) is 38.4 Å². The zero-order valence-electron chi connectivity index (χ0n) is 15.4. The third kappa shape index (κ3) is 4.96. The molecule has 0 amide bonds. The Morgan fingerprint density at radius 1 is 1.20 bits per heavy atom. The Morgan fingerprint density at radius 3 is 2.43 bits per heavy atom. The zero-order valence-corrected chi connectivity index (χ0v) is 17.7. The number of hydrogen-bond donors (Lipinski definition) is 1. The van der Waals surface area contributed by atoms with Crippen molar-refractivity contribution in [2.24, 2.45) is 5.14 Å². The van der Waals surface area contributed by atoms with Crippen LogP contribution in [0.1, 0.15) is 20.1 Å². The van der Waals surface area contributed by atoms with Crippen LogP contribution in [0.3, 0.4) is 0 Å². The molecule has 0 spiro atoms. The number of halogens is 2. The summed E-state index contributed by atoms with van der Waals surface area (Å²) in [5.74, 6) is -1.44. The topological polar surface area (TPSA) is 175 Å². The predicted molar refractivity (Wildman–Crippen MR) is 99.4 cm³/mol. The summed E-state index contributed by atoms with van der Waals surface area (Å²) in [6.07, 6.45) is -3.50. The van der Waals surface area contributed by atoms with Gasteiger partial charge in [0.2, 0.25) is 5.28 Å². The van der Waals surface area contributed by atoms with Crippen LogP contribution in [0.5, 0.6) is 0 Å². The summed E-state index contributed by atoms with van der Waals surface area (Å²) in [5.41, 5.74) is 0.316. The fourth-order valence-corrected chi connectivity index (χ4v) is 3.67. The molecule has 1 saturated heterocycles. The van der Waals surface area contributed by atoms with Crippen LogP contribution < -0.4 is 5.14 Å². The number of esters is 2. The lowest BCUT2D eigenvalue weighted by Crippen LogP contribution is -2.41. The minimum absolute atomic E-state index is 0.0311. The largest absolute Gasteiger partial charge is 0.456 e. The SMILES string of the molecule is CC(=O)O[C@@H]1[C@H](OC(C)=O)[C@@H](COS(N)(=O)=O)O[C@H]1n1cnc2c(Cl)nc(Cl)nc21. The molecule has 1 aliphatic heterocycles. The summed E-state index contributed by atoms with van der Waals surface area (Å²) >= 11 is 11.9. The van der Waals surface area contributed by atoms with Gasteiger partial charge in [-0.3, -0.25) is 18.3 Å². The normalized spacial score (nSPS) is 24.2. The van der Waals surface area contributed by atoms with Crippen LogP contribution >= 0.6 is 23.2 Å². The van der Waals surface area contributed by atoms with Gasteiger partial charge in [0.15, 0.2) is 29.2 Å². The van der Waals surface area contributed by atoms with Crippen molar-refractivity contribution in [2.75, 3.05) is 6.61 Å². The number of rotatable bonds is 6. The lowest BCUT2D eigenvalue weighted by atomic mass is 10.1. The van der Waals surface area contributed by atoms with Gasteiger partial charge in [-0.05, 0) is 11.6 Å². The number of fused-ring (bicyclic) bond motifs is 1. The third-order valence-electron chi connectivity index (χ3n) is 3.91. The smallest absolute Gasteiger partial charge is 0.333 e. The Balaban J connectivity index is 2.05. The number of aromatic nitrogens is 4. The zero-order chi connectivity index (χ0) is 22.2. The van der Waals surface area contributed by atoms with Crippen LogP contribution in [0, 0.1) is 0 Å². The number of carbonyl (C=O) groups is 2. The summed E-state index contributed by atoms with van der Waals surface area (Å²) in [5, 5.41) is 4.64. The number of carbonyl (C=O) groups excluding carboxylic acids is 2.